The van der Waals surface area contributed by atoms with Crippen molar-refractivity contribution >= 4 is 0 Å². The summed E-state index contributed by atoms with van der Waals surface area (Å²) >= 11 is 0. The van der Waals surface area contributed by atoms with Gasteiger partial charge in [0.25, 0.3) is 0 Å². The molecule has 1 aromatic rings. The number of halogens is 1. The molecule has 0 fully saturated rings. The van der Waals surface area contributed by atoms with E-state index in [-0.39, 0.29) is 11.4 Å². The fraction of sp³-hybridized carbons (Fsp3) is 0.600. The number of hydrogen-bond donors (Lipinski definition) is 1. The summed E-state index contributed by atoms with van der Waals surface area (Å²) in [7, 11) is 2.11. The van der Waals surface area contributed by atoms with Gasteiger partial charge in [-0.05, 0) is 37.6 Å². The fourth-order valence-electron chi connectivity index (χ4n) is 2.54. The molecule has 0 saturated heterocycles. The average Bonchev–Trinajstić information content (AvgIpc) is 2.38. The Morgan fingerprint density at radius 2 is 1.83 bits per heavy atom. The molecule has 1 aromatic carbocycles. The van der Waals surface area contributed by atoms with Gasteiger partial charge in [-0.3, -0.25) is 4.90 Å². The molecule has 0 aliphatic rings. The lowest BCUT2D eigenvalue weighted by atomic mass is 9.88. The Morgan fingerprint density at radius 3 is 2.28 bits per heavy atom. The monoisotopic (exact) mass is 252 g/mol. The fourth-order valence-corrected chi connectivity index (χ4v) is 2.54. The second-order valence-corrected chi connectivity index (χ2v) is 5.01. The maximum atomic E-state index is 12.9. The van der Waals surface area contributed by atoms with E-state index in [4.69, 9.17) is 5.73 Å². The predicted molar refractivity (Wildman–Crippen MR) is 74.9 cm³/mol. The first-order valence-corrected chi connectivity index (χ1v) is 6.73. The molecule has 102 valence electrons. The first kappa shape index (κ1) is 15.1. The lowest BCUT2D eigenvalue weighted by Crippen LogP contribution is -2.51. The standard InChI is InChI=1S/C15H25FN2/c1-4-10-15(5-2,12-17)18(3)11-13-6-8-14(16)9-7-13/h6-9H,4-5,10-12,17H2,1-3H3. The van der Waals surface area contributed by atoms with Crippen molar-refractivity contribution in [2.75, 3.05) is 13.6 Å². The SMILES string of the molecule is CCCC(CC)(CN)N(C)Cc1ccc(F)cc1. The van der Waals surface area contributed by atoms with E-state index in [2.05, 4.69) is 25.8 Å². The molecule has 0 aliphatic heterocycles. The number of hydrogen-bond acceptors (Lipinski definition) is 2. The third kappa shape index (κ3) is 3.53. The van der Waals surface area contributed by atoms with Gasteiger partial charge in [0.15, 0.2) is 0 Å². The minimum atomic E-state index is -0.185. The van der Waals surface area contributed by atoms with Crippen LogP contribution in [-0.2, 0) is 6.54 Å². The molecule has 0 aromatic heterocycles. The molecule has 1 unspecified atom stereocenters. The molecule has 0 saturated carbocycles. The lowest BCUT2D eigenvalue weighted by molar-refractivity contribution is 0.102. The van der Waals surface area contributed by atoms with Crippen molar-refractivity contribution in [3.8, 4) is 0 Å². The van der Waals surface area contributed by atoms with Crippen LogP contribution in [0.1, 0.15) is 38.7 Å². The predicted octanol–water partition coefficient (Wildman–Crippen LogP) is 3.17. The average molecular weight is 252 g/mol. The van der Waals surface area contributed by atoms with Gasteiger partial charge in [0, 0.05) is 18.6 Å². The van der Waals surface area contributed by atoms with Crippen LogP contribution in [0.5, 0.6) is 0 Å². The second-order valence-electron chi connectivity index (χ2n) is 5.01. The Bertz CT molecular complexity index is 344. The summed E-state index contributed by atoms with van der Waals surface area (Å²) in [5.41, 5.74) is 7.17. The topological polar surface area (TPSA) is 29.3 Å². The molecule has 0 heterocycles. The van der Waals surface area contributed by atoms with E-state index in [0.29, 0.717) is 6.54 Å². The molecule has 3 heteroatoms. The third-order valence-corrected chi connectivity index (χ3v) is 3.90. The van der Waals surface area contributed by atoms with Crippen LogP contribution in [0.4, 0.5) is 4.39 Å². The second kappa shape index (κ2) is 6.86. The molecular formula is C15H25FN2. The molecule has 0 bridgehead atoms. The molecule has 0 spiro atoms. The van der Waals surface area contributed by atoms with Crippen molar-refractivity contribution in [1.29, 1.82) is 0 Å². The third-order valence-electron chi connectivity index (χ3n) is 3.90. The number of nitrogens with two attached hydrogens (primary N) is 1. The minimum absolute atomic E-state index is 0.0587. The number of likely N-dealkylation sites (N-methyl/N-ethyl adjacent to an activating group) is 1. The van der Waals surface area contributed by atoms with E-state index < -0.39 is 0 Å². The first-order chi connectivity index (χ1) is 8.57. The zero-order chi connectivity index (χ0) is 13.6. The molecule has 2 nitrogen and oxygen atoms in total. The highest BCUT2D eigenvalue weighted by molar-refractivity contribution is 5.16. The van der Waals surface area contributed by atoms with Gasteiger partial charge >= 0.3 is 0 Å². The first-order valence-electron chi connectivity index (χ1n) is 6.73. The molecule has 18 heavy (non-hydrogen) atoms. The number of rotatable bonds is 7. The van der Waals surface area contributed by atoms with Gasteiger partial charge in [0.05, 0.1) is 0 Å². The molecule has 2 N–H and O–H groups in total. The van der Waals surface area contributed by atoms with Gasteiger partial charge in [0.1, 0.15) is 5.82 Å². The Labute approximate surface area is 110 Å². The van der Waals surface area contributed by atoms with Crippen LogP contribution in [0.15, 0.2) is 24.3 Å². The normalized spacial score (nSPS) is 14.8. The summed E-state index contributed by atoms with van der Waals surface area (Å²) in [4.78, 5) is 2.31. The van der Waals surface area contributed by atoms with Crippen LogP contribution in [0, 0.1) is 5.82 Å². The van der Waals surface area contributed by atoms with Crippen molar-refractivity contribution in [3.63, 3.8) is 0 Å². The molecule has 0 amide bonds. The molecule has 0 radical (unpaired) electrons. The van der Waals surface area contributed by atoms with Crippen LogP contribution in [-0.4, -0.2) is 24.0 Å². The summed E-state index contributed by atoms with van der Waals surface area (Å²) in [6.45, 7) is 5.84. The van der Waals surface area contributed by atoms with Gasteiger partial charge in [0.2, 0.25) is 0 Å². The van der Waals surface area contributed by atoms with Crippen LogP contribution < -0.4 is 5.73 Å². The van der Waals surface area contributed by atoms with Gasteiger partial charge < -0.3 is 5.73 Å². The summed E-state index contributed by atoms with van der Waals surface area (Å²) < 4.78 is 12.9. The van der Waals surface area contributed by atoms with E-state index in [1.807, 2.05) is 12.1 Å². The molecule has 1 atom stereocenters. The van der Waals surface area contributed by atoms with E-state index >= 15 is 0 Å². The van der Waals surface area contributed by atoms with E-state index in [1.54, 1.807) is 0 Å². The number of benzene rings is 1. The minimum Gasteiger partial charge on any atom is -0.329 e. The van der Waals surface area contributed by atoms with Crippen molar-refractivity contribution in [1.82, 2.24) is 4.90 Å². The zero-order valence-corrected chi connectivity index (χ0v) is 11.7. The van der Waals surface area contributed by atoms with E-state index in [0.717, 1.165) is 31.4 Å². The maximum Gasteiger partial charge on any atom is 0.123 e. The quantitative estimate of drug-likeness (QED) is 0.807. The highest BCUT2D eigenvalue weighted by Crippen LogP contribution is 2.25. The summed E-state index contributed by atoms with van der Waals surface area (Å²) in [6.07, 6.45) is 3.26. The summed E-state index contributed by atoms with van der Waals surface area (Å²) in [5, 5.41) is 0. The summed E-state index contributed by atoms with van der Waals surface area (Å²) in [5.74, 6) is -0.185. The van der Waals surface area contributed by atoms with E-state index in [9.17, 15) is 4.39 Å². The number of nitrogens with zero attached hydrogens (tertiary/aromatic N) is 1. The van der Waals surface area contributed by atoms with Gasteiger partial charge in [-0.15, -0.1) is 0 Å². The van der Waals surface area contributed by atoms with Crippen molar-refractivity contribution in [2.24, 2.45) is 5.73 Å². The van der Waals surface area contributed by atoms with Crippen LogP contribution in [0.3, 0.4) is 0 Å². The van der Waals surface area contributed by atoms with Crippen LogP contribution in [0.25, 0.3) is 0 Å². The Balaban J connectivity index is 2.77. The van der Waals surface area contributed by atoms with Gasteiger partial charge in [-0.2, -0.15) is 0 Å². The largest absolute Gasteiger partial charge is 0.329 e. The van der Waals surface area contributed by atoms with Crippen LogP contribution in [0.2, 0.25) is 0 Å². The highest BCUT2D eigenvalue weighted by Gasteiger charge is 2.30. The smallest absolute Gasteiger partial charge is 0.123 e. The Hall–Kier alpha value is -0.930. The maximum absolute atomic E-state index is 12.9. The van der Waals surface area contributed by atoms with Crippen molar-refractivity contribution in [3.05, 3.63) is 35.6 Å². The summed E-state index contributed by atoms with van der Waals surface area (Å²) in [6, 6.07) is 6.71. The molecule has 0 aliphatic carbocycles. The zero-order valence-electron chi connectivity index (χ0n) is 11.7. The lowest BCUT2D eigenvalue weighted by Gasteiger charge is -2.41. The molecular weight excluding hydrogens is 227 g/mol. The van der Waals surface area contributed by atoms with Gasteiger partial charge in [-0.25, -0.2) is 4.39 Å². The Kier molecular flexibility index (Phi) is 5.76. The van der Waals surface area contributed by atoms with Gasteiger partial charge in [-0.1, -0.05) is 32.4 Å². The van der Waals surface area contributed by atoms with Crippen molar-refractivity contribution < 1.29 is 4.39 Å². The Morgan fingerprint density at radius 1 is 1.22 bits per heavy atom. The van der Waals surface area contributed by atoms with Crippen molar-refractivity contribution in [2.45, 2.75) is 45.2 Å². The van der Waals surface area contributed by atoms with E-state index in [1.165, 1.54) is 12.1 Å². The van der Waals surface area contributed by atoms with Crippen LogP contribution >= 0.6 is 0 Å². The highest BCUT2D eigenvalue weighted by atomic mass is 19.1. The molecule has 1 rings (SSSR count).